The minimum absolute atomic E-state index is 0.0617. The van der Waals surface area contributed by atoms with E-state index < -0.39 is 21.8 Å². The van der Waals surface area contributed by atoms with Gasteiger partial charge in [0, 0.05) is 50.8 Å². The van der Waals surface area contributed by atoms with E-state index in [2.05, 4.69) is 17.1 Å². The van der Waals surface area contributed by atoms with E-state index in [0.717, 1.165) is 36.5 Å². The van der Waals surface area contributed by atoms with E-state index in [1.807, 2.05) is 0 Å². The molecule has 1 aliphatic heterocycles. The van der Waals surface area contributed by atoms with E-state index in [1.165, 1.54) is 54.1 Å². The number of methoxy groups -OCH3 is 2. The third kappa shape index (κ3) is 6.50. The number of fused-ring (bicyclic) bond motifs is 1. The molecule has 0 fully saturated rings. The molecule has 2 aromatic rings. The smallest absolute Gasteiger partial charge is 0.256 e. The van der Waals surface area contributed by atoms with Crippen LogP contribution in [0.4, 0.5) is 5.00 Å². The Hall–Kier alpha value is -2.35. The molecule has 0 spiro atoms. The highest BCUT2D eigenvalue weighted by Gasteiger charge is 2.28. The predicted octanol–water partition coefficient (Wildman–Crippen LogP) is 2.15. The number of sulfonamides is 1. The second kappa shape index (κ2) is 12.7. The maximum Gasteiger partial charge on any atom is 0.256 e. The van der Waals surface area contributed by atoms with Crippen molar-refractivity contribution in [2.75, 3.05) is 58.9 Å². The van der Waals surface area contributed by atoms with Crippen LogP contribution in [0.1, 0.15) is 44.5 Å². The molecule has 10 nitrogen and oxygen atoms in total. The molecule has 0 saturated heterocycles. The molecule has 198 valence electrons. The number of nitrogens with one attached hydrogen (secondary N) is 1. The van der Waals surface area contributed by atoms with Gasteiger partial charge in [0.15, 0.2) is 0 Å². The Balaban J connectivity index is 1.79. The van der Waals surface area contributed by atoms with Gasteiger partial charge in [-0.1, -0.05) is 6.92 Å². The van der Waals surface area contributed by atoms with Crippen molar-refractivity contribution in [3.05, 3.63) is 45.8 Å². The first kappa shape index (κ1) is 28.2. The van der Waals surface area contributed by atoms with Gasteiger partial charge in [-0.3, -0.25) is 14.5 Å². The van der Waals surface area contributed by atoms with Crippen LogP contribution in [0.25, 0.3) is 0 Å². The lowest BCUT2D eigenvalue weighted by atomic mass is 10.0. The monoisotopic (exact) mass is 538 g/mol. The van der Waals surface area contributed by atoms with Crippen molar-refractivity contribution < 1.29 is 27.5 Å². The number of carbonyl (C=O) groups excluding carboxylic acids is 2. The molecule has 1 aromatic heterocycles. The lowest BCUT2D eigenvalue weighted by molar-refractivity contribution is 0.0999. The number of anilines is 1. The highest BCUT2D eigenvalue weighted by Crippen LogP contribution is 2.37. The number of hydrogen-bond donors (Lipinski definition) is 2. The summed E-state index contributed by atoms with van der Waals surface area (Å²) in [7, 11) is -0.792. The molecular weight excluding hydrogens is 504 g/mol. The van der Waals surface area contributed by atoms with Gasteiger partial charge in [-0.05, 0) is 49.2 Å². The third-order valence-corrected chi connectivity index (χ3v) is 9.04. The molecule has 3 N–H and O–H groups in total. The van der Waals surface area contributed by atoms with E-state index in [-0.39, 0.29) is 36.8 Å². The maximum absolute atomic E-state index is 13.1. The van der Waals surface area contributed by atoms with E-state index in [4.69, 9.17) is 15.2 Å². The first-order valence-electron chi connectivity index (χ1n) is 11.8. The topological polar surface area (TPSA) is 131 Å². The van der Waals surface area contributed by atoms with Crippen molar-refractivity contribution in [2.24, 2.45) is 5.73 Å². The minimum atomic E-state index is -3.80. The first-order chi connectivity index (χ1) is 17.2. The molecule has 2 amide bonds. The Morgan fingerprint density at radius 3 is 2.33 bits per heavy atom. The largest absolute Gasteiger partial charge is 0.383 e. The summed E-state index contributed by atoms with van der Waals surface area (Å²) in [5, 5.41) is 3.24. The Morgan fingerprint density at radius 2 is 1.78 bits per heavy atom. The Bertz CT molecular complexity index is 1160. The average Bonchev–Trinajstić information content (AvgIpc) is 3.21. The highest BCUT2D eigenvalue weighted by atomic mass is 32.2. The highest BCUT2D eigenvalue weighted by molar-refractivity contribution is 7.89. The molecule has 1 aliphatic rings. The molecule has 0 saturated carbocycles. The summed E-state index contributed by atoms with van der Waals surface area (Å²) in [5.74, 6) is -1.01. The van der Waals surface area contributed by atoms with Crippen molar-refractivity contribution in [2.45, 2.75) is 31.2 Å². The minimum Gasteiger partial charge on any atom is -0.383 e. The predicted molar refractivity (Wildman–Crippen MR) is 139 cm³/mol. The molecule has 0 unspecified atom stereocenters. The van der Waals surface area contributed by atoms with Gasteiger partial charge in [-0.25, -0.2) is 8.42 Å². The fourth-order valence-corrected chi connectivity index (χ4v) is 6.85. The molecule has 0 radical (unpaired) electrons. The van der Waals surface area contributed by atoms with Crippen LogP contribution in [-0.2, 0) is 32.5 Å². The van der Waals surface area contributed by atoms with Crippen molar-refractivity contribution in [1.82, 2.24) is 9.21 Å². The molecule has 2 heterocycles. The fourth-order valence-electron chi connectivity index (χ4n) is 4.15. The SMILES string of the molecule is CCCN1CCc2c(sc(NC(=O)c3ccc(S(=O)(=O)N(CCOC)CCOC)cc3)c2C(N)=O)C1. The van der Waals surface area contributed by atoms with Crippen molar-refractivity contribution in [1.29, 1.82) is 0 Å². The third-order valence-electron chi connectivity index (χ3n) is 5.99. The normalized spacial score (nSPS) is 14.1. The van der Waals surface area contributed by atoms with Gasteiger partial charge in [-0.15, -0.1) is 11.3 Å². The molecule has 0 atom stereocenters. The van der Waals surface area contributed by atoms with Crippen molar-refractivity contribution in [3.63, 3.8) is 0 Å². The molecular formula is C24H34N4O6S2. The number of nitrogens with zero attached hydrogens (tertiary/aromatic N) is 2. The second-order valence-corrected chi connectivity index (χ2v) is 11.5. The summed E-state index contributed by atoms with van der Waals surface area (Å²) in [5.41, 5.74) is 7.21. The molecule has 0 aliphatic carbocycles. The van der Waals surface area contributed by atoms with Crippen molar-refractivity contribution in [3.8, 4) is 0 Å². The van der Waals surface area contributed by atoms with Crippen molar-refractivity contribution >= 4 is 38.2 Å². The van der Waals surface area contributed by atoms with Crippen LogP contribution in [0, 0.1) is 0 Å². The fraction of sp³-hybridized carbons (Fsp3) is 0.500. The second-order valence-electron chi connectivity index (χ2n) is 8.47. The number of benzene rings is 1. The summed E-state index contributed by atoms with van der Waals surface area (Å²) in [6.45, 7) is 5.50. The van der Waals surface area contributed by atoms with Crippen LogP contribution in [0.3, 0.4) is 0 Å². The molecule has 1 aromatic carbocycles. The van der Waals surface area contributed by atoms with Gasteiger partial charge < -0.3 is 20.5 Å². The molecule has 3 rings (SSSR count). The van der Waals surface area contributed by atoms with Crippen LogP contribution in [0.15, 0.2) is 29.2 Å². The Kier molecular flexibility index (Phi) is 10.00. The maximum atomic E-state index is 13.1. The van der Waals surface area contributed by atoms with Crippen LogP contribution in [0.2, 0.25) is 0 Å². The first-order valence-corrected chi connectivity index (χ1v) is 14.0. The van der Waals surface area contributed by atoms with Gasteiger partial charge in [0.1, 0.15) is 5.00 Å². The van der Waals surface area contributed by atoms with Gasteiger partial charge >= 0.3 is 0 Å². The lowest BCUT2D eigenvalue weighted by Gasteiger charge is -2.26. The number of carbonyl (C=O) groups is 2. The number of thiophene rings is 1. The molecule has 0 bridgehead atoms. The zero-order valence-corrected chi connectivity index (χ0v) is 22.5. The van der Waals surface area contributed by atoms with Gasteiger partial charge in [0.05, 0.1) is 23.7 Å². The number of amides is 2. The Morgan fingerprint density at radius 1 is 1.14 bits per heavy atom. The number of ether oxygens (including phenoxy) is 2. The number of rotatable bonds is 13. The summed E-state index contributed by atoms with van der Waals surface area (Å²) < 4.78 is 37.5. The van der Waals surface area contributed by atoms with Gasteiger partial charge in [-0.2, -0.15) is 4.31 Å². The van der Waals surface area contributed by atoms with E-state index >= 15 is 0 Å². The van der Waals surface area contributed by atoms with Gasteiger partial charge in [0.2, 0.25) is 10.0 Å². The quantitative estimate of drug-likeness (QED) is 0.399. The van der Waals surface area contributed by atoms with Gasteiger partial charge in [0.25, 0.3) is 11.8 Å². The van der Waals surface area contributed by atoms with Crippen LogP contribution >= 0.6 is 11.3 Å². The molecule has 36 heavy (non-hydrogen) atoms. The summed E-state index contributed by atoms with van der Waals surface area (Å²) >= 11 is 1.37. The Labute approximate surface area is 216 Å². The standard InChI is InChI=1S/C24H34N4O6S2/c1-4-10-27-11-9-19-20(16-27)35-24(21(19)22(25)29)26-23(30)17-5-7-18(8-6-17)36(31,32)28(12-14-33-2)13-15-34-3/h5-8H,4,9-16H2,1-3H3,(H2,25,29)(H,26,30). The lowest BCUT2D eigenvalue weighted by Crippen LogP contribution is -2.36. The number of hydrogen-bond acceptors (Lipinski definition) is 8. The van der Waals surface area contributed by atoms with Crippen LogP contribution < -0.4 is 11.1 Å². The number of nitrogens with two attached hydrogens (primary N) is 1. The summed E-state index contributed by atoms with van der Waals surface area (Å²) in [6.07, 6.45) is 1.74. The van der Waals surface area contributed by atoms with Crippen LogP contribution in [0.5, 0.6) is 0 Å². The number of primary amides is 1. The zero-order valence-electron chi connectivity index (χ0n) is 20.9. The average molecular weight is 539 g/mol. The summed E-state index contributed by atoms with van der Waals surface area (Å²) in [4.78, 5) is 28.6. The van der Waals surface area contributed by atoms with E-state index in [1.54, 1.807) is 0 Å². The van der Waals surface area contributed by atoms with E-state index in [0.29, 0.717) is 17.0 Å². The zero-order chi connectivity index (χ0) is 26.3. The molecule has 12 heteroatoms. The van der Waals surface area contributed by atoms with Crippen LogP contribution in [-0.4, -0.2) is 83.0 Å². The summed E-state index contributed by atoms with van der Waals surface area (Å²) in [6, 6.07) is 5.70. The van der Waals surface area contributed by atoms with E-state index in [9.17, 15) is 18.0 Å².